The first-order valence-electron chi connectivity index (χ1n) is 9.05. The molecule has 8 heteroatoms. The van der Waals surface area contributed by atoms with Crippen molar-refractivity contribution in [2.45, 2.75) is 20.0 Å². The Balaban J connectivity index is 1.73. The molecule has 29 heavy (non-hydrogen) atoms. The van der Waals surface area contributed by atoms with Crippen LogP contribution in [0.2, 0.25) is 0 Å². The molecule has 0 spiro atoms. The normalized spacial score (nSPS) is 10.6. The minimum absolute atomic E-state index is 0.0766. The number of pyridine rings is 1. The van der Waals surface area contributed by atoms with Crippen LogP contribution in [-0.2, 0) is 13.1 Å². The number of thiazole rings is 1. The van der Waals surface area contributed by atoms with Crippen LogP contribution < -0.4 is 10.2 Å². The Morgan fingerprint density at radius 2 is 1.86 bits per heavy atom. The Labute approximate surface area is 172 Å². The van der Waals surface area contributed by atoms with Gasteiger partial charge in [-0.05, 0) is 36.8 Å². The van der Waals surface area contributed by atoms with Gasteiger partial charge in [0.25, 0.3) is 11.8 Å². The topological polar surface area (TPSA) is 84.3 Å². The molecule has 0 aliphatic heterocycles. The Bertz CT molecular complexity index is 1070. The molecular formula is C21H22N4O3S. The summed E-state index contributed by atoms with van der Waals surface area (Å²) in [5.74, 6) is -0.367. The van der Waals surface area contributed by atoms with Gasteiger partial charge in [-0.1, -0.05) is 29.5 Å². The zero-order valence-corrected chi connectivity index (χ0v) is 17.3. The summed E-state index contributed by atoms with van der Waals surface area (Å²) in [5, 5.41) is 2.81. The van der Waals surface area contributed by atoms with Gasteiger partial charge in [-0.15, -0.1) is 0 Å². The molecule has 1 N–H and O–H groups in total. The Morgan fingerprint density at radius 1 is 1.14 bits per heavy atom. The Hall–Kier alpha value is -3.26. The molecule has 0 fully saturated rings. The summed E-state index contributed by atoms with van der Waals surface area (Å²) < 4.78 is 1.57. The second kappa shape index (κ2) is 8.83. The van der Waals surface area contributed by atoms with Crippen LogP contribution in [0.4, 0.5) is 0 Å². The average molecular weight is 410 g/mol. The van der Waals surface area contributed by atoms with E-state index in [1.807, 2.05) is 30.3 Å². The highest BCUT2D eigenvalue weighted by Crippen LogP contribution is 2.15. The lowest BCUT2D eigenvalue weighted by Crippen LogP contribution is -2.23. The summed E-state index contributed by atoms with van der Waals surface area (Å²) >= 11 is 0.930. The number of hydrogen-bond acceptors (Lipinski definition) is 5. The van der Waals surface area contributed by atoms with Crippen LogP contribution in [0.1, 0.15) is 37.0 Å². The summed E-state index contributed by atoms with van der Waals surface area (Å²) in [6.45, 7) is 2.40. The van der Waals surface area contributed by atoms with Crippen molar-refractivity contribution >= 4 is 23.2 Å². The lowest BCUT2D eigenvalue weighted by Gasteiger charge is -2.11. The van der Waals surface area contributed by atoms with E-state index in [-0.39, 0.29) is 16.7 Å². The second-order valence-electron chi connectivity index (χ2n) is 6.77. The van der Waals surface area contributed by atoms with E-state index in [1.54, 1.807) is 43.9 Å². The van der Waals surface area contributed by atoms with E-state index in [4.69, 9.17) is 0 Å². The van der Waals surface area contributed by atoms with Crippen molar-refractivity contribution in [3.8, 4) is 0 Å². The minimum Gasteiger partial charge on any atom is -0.346 e. The maximum absolute atomic E-state index is 12.5. The minimum atomic E-state index is -0.291. The lowest BCUT2D eigenvalue weighted by atomic mass is 10.1. The summed E-state index contributed by atoms with van der Waals surface area (Å²) in [4.78, 5) is 42.8. The maximum atomic E-state index is 12.5. The molecule has 0 saturated heterocycles. The van der Waals surface area contributed by atoms with Crippen molar-refractivity contribution < 1.29 is 9.59 Å². The first-order chi connectivity index (χ1) is 13.9. The van der Waals surface area contributed by atoms with Crippen LogP contribution in [0.25, 0.3) is 0 Å². The molecule has 3 rings (SSSR count). The van der Waals surface area contributed by atoms with Crippen molar-refractivity contribution in [3.63, 3.8) is 0 Å². The molecule has 0 radical (unpaired) electrons. The van der Waals surface area contributed by atoms with Gasteiger partial charge in [0, 0.05) is 31.5 Å². The number of nitrogens with one attached hydrogen (secondary N) is 1. The van der Waals surface area contributed by atoms with Gasteiger partial charge >= 0.3 is 4.87 Å². The number of amides is 2. The van der Waals surface area contributed by atoms with Crippen LogP contribution in [0.5, 0.6) is 0 Å². The zero-order chi connectivity index (χ0) is 21.0. The van der Waals surface area contributed by atoms with Gasteiger partial charge < -0.3 is 10.2 Å². The van der Waals surface area contributed by atoms with Gasteiger partial charge in [0.05, 0.1) is 18.8 Å². The summed E-state index contributed by atoms with van der Waals surface area (Å²) in [5.41, 5.74) is 2.83. The van der Waals surface area contributed by atoms with Gasteiger partial charge in [-0.3, -0.25) is 23.9 Å². The third-order valence-electron chi connectivity index (χ3n) is 4.45. The number of carbonyl (C=O) groups is 2. The van der Waals surface area contributed by atoms with Crippen LogP contribution >= 0.6 is 11.3 Å². The van der Waals surface area contributed by atoms with Gasteiger partial charge in [0.15, 0.2) is 0 Å². The number of hydrogen-bond donors (Lipinski definition) is 1. The average Bonchev–Trinajstić information content (AvgIpc) is 3.01. The largest absolute Gasteiger partial charge is 0.346 e. The van der Waals surface area contributed by atoms with E-state index in [2.05, 4.69) is 10.3 Å². The lowest BCUT2D eigenvalue weighted by molar-refractivity contribution is 0.0827. The molecular weight excluding hydrogens is 388 g/mol. The number of carbonyl (C=O) groups excluding carboxylic acids is 2. The fourth-order valence-electron chi connectivity index (χ4n) is 2.82. The number of rotatable bonds is 6. The molecule has 1 aromatic carbocycles. The first kappa shape index (κ1) is 20.5. The SMILES string of the molecule is Cc1c(C(=O)NCc2ccccn2)sc(=O)n1Cc1ccc(C(=O)N(C)C)cc1. The molecule has 2 amide bonds. The van der Waals surface area contributed by atoms with Crippen LogP contribution in [0.3, 0.4) is 0 Å². The molecule has 150 valence electrons. The van der Waals surface area contributed by atoms with E-state index in [1.165, 1.54) is 4.90 Å². The van der Waals surface area contributed by atoms with Crippen LogP contribution in [0.15, 0.2) is 53.5 Å². The number of nitrogens with zero attached hydrogens (tertiary/aromatic N) is 3. The van der Waals surface area contributed by atoms with Gasteiger partial charge in [0.2, 0.25) is 0 Å². The van der Waals surface area contributed by atoms with Gasteiger partial charge in [-0.2, -0.15) is 0 Å². The molecule has 2 heterocycles. The van der Waals surface area contributed by atoms with E-state index < -0.39 is 0 Å². The zero-order valence-electron chi connectivity index (χ0n) is 16.5. The van der Waals surface area contributed by atoms with Crippen molar-refractivity contribution in [2.75, 3.05) is 14.1 Å². The molecule has 2 aromatic heterocycles. The molecule has 7 nitrogen and oxygen atoms in total. The maximum Gasteiger partial charge on any atom is 0.308 e. The summed E-state index contributed by atoms with van der Waals surface area (Å²) in [6, 6.07) is 12.6. The smallest absolute Gasteiger partial charge is 0.308 e. The molecule has 0 aliphatic rings. The molecule has 3 aromatic rings. The van der Waals surface area contributed by atoms with Gasteiger partial charge in [0.1, 0.15) is 4.88 Å². The molecule has 0 atom stereocenters. The molecule has 0 bridgehead atoms. The Kier molecular flexibility index (Phi) is 6.23. The monoisotopic (exact) mass is 410 g/mol. The highest BCUT2D eigenvalue weighted by Gasteiger charge is 2.18. The summed E-state index contributed by atoms with van der Waals surface area (Å²) in [6.07, 6.45) is 1.67. The second-order valence-corrected chi connectivity index (χ2v) is 7.73. The summed E-state index contributed by atoms with van der Waals surface area (Å²) in [7, 11) is 3.40. The van der Waals surface area contributed by atoms with E-state index >= 15 is 0 Å². The highest BCUT2D eigenvalue weighted by atomic mass is 32.1. The van der Waals surface area contributed by atoms with E-state index in [0.29, 0.717) is 29.2 Å². The predicted molar refractivity (Wildman–Crippen MR) is 112 cm³/mol. The van der Waals surface area contributed by atoms with Crippen LogP contribution in [-0.4, -0.2) is 40.4 Å². The fraction of sp³-hybridized carbons (Fsp3) is 0.238. The third kappa shape index (κ3) is 4.78. The Morgan fingerprint density at radius 3 is 2.48 bits per heavy atom. The quantitative estimate of drug-likeness (QED) is 0.676. The first-order valence-corrected chi connectivity index (χ1v) is 9.87. The number of aromatic nitrogens is 2. The van der Waals surface area contributed by atoms with Crippen molar-refractivity contribution in [1.29, 1.82) is 0 Å². The standard InChI is InChI=1S/C21H22N4O3S/c1-14-18(19(26)23-12-17-6-4-5-11-22-17)29-21(28)25(14)13-15-7-9-16(10-8-15)20(27)24(2)3/h4-11H,12-13H2,1-3H3,(H,23,26). The van der Waals surface area contributed by atoms with Crippen LogP contribution in [0, 0.1) is 6.92 Å². The highest BCUT2D eigenvalue weighted by molar-refractivity contribution is 7.11. The fourth-order valence-corrected chi connectivity index (χ4v) is 3.73. The van der Waals surface area contributed by atoms with Gasteiger partial charge in [-0.25, -0.2) is 0 Å². The van der Waals surface area contributed by atoms with Crippen molar-refractivity contribution in [2.24, 2.45) is 0 Å². The number of benzene rings is 1. The van der Waals surface area contributed by atoms with Crippen molar-refractivity contribution in [1.82, 2.24) is 19.8 Å². The molecule has 0 aliphatic carbocycles. The van der Waals surface area contributed by atoms with Crippen molar-refractivity contribution in [3.05, 3.63) is 85.7 Å². The predicted octanol–water partition coefficient (Wildman–Crippen LogP) is 2.29. The van der Waals surface area contributed by atoms with E-state index in [9.17, 15) is 14.4 Å². The van der Waals surface area contributed by atoms with E-state index in [0.717, 1.165) is 22.6 Å². The molecule has 0 saturated carbocycles. The molecule has 0 unspecified atom stereocenters. The third-order valence-corrected chi connectivity index (χ3v) is 5.53.